The highest BCUT2D eigenvalue weighted by molar-refractivity contribution is 7.99. The Hall–Kier alpha value is -2.41. The number of benzene rings is 1. The number of hydrogen-bond donors (Lipinski definition) is 1. The van der Waals surface area contributed by atoms with Gasteiger partial charge in [0.1, 0.15) is 5.82 Å². The summed E-state index contributed by atoms with van der Waals surface area (Å²) in [4.78, 5) is 24.1. The molecule has 1 saturated carbocycles. The summed E-state index contributed by atoms with van der Waals surface area (Å²) in [5.74, 6) is 1.74. The third kappa shape index (κ3) is 5.56. The van der Waals surface area contributed by atoms with E-state index in [1.165, 1.54) is 31.0 Å². The van der Waals surface area contributed by atoms with Crippen molar-refractivity contribution in [1.29, 1.82) is 0 Å². The summed E-state index contributed by atoms with van der Waals surface area (Å²) in [7, 11) is 0. The zero-order chi connectivity index (χ0) is 20.6. The van der Waals surface area contributed by atoms with Gasteiger partial charge in [-0.05, 0) is 37.1 Å². The summed E-state index contributed by atoms with van der Waals surface area (Å²) < 4.78 is 2.10. The number of aromatic nitrogens is 3. The van der Waals surface area contributed by atoms with E-state index in [0.717, 1.165) is 23.8 Å². The summed E-state index contributed by atoms with van der Waals surface area (Å²) in [6.45, 7) is 6.31. The van der Waals surface area contributed by atoms with E-state index < -0.39 is 0 Å². The predicted molar refractivity (Wildman–Crippen MR) is 116 cm³/mol. The molecule has 0 spiro atoms. The molecule has 3 rings (SSSR count). The number of nitrogens with zero attached hydrogens (tertiary/aromatic N) is 3. The minimum atomic E-state index is -0.0463. The molecule has 1 fully saturated rings. The molecule has 6 nitrogen and oxygen atoms in total. The number of nitrogens with one attached hydrogen (secondary N) is 1. The largest absolute Gasteiger partial charge is 0.326 e. The molecule has 1 N–H and O–H groups in total. The van der Waals surface area contributed by atoms with Crippen LogP contribution in [0, 0.1) is 0 Å². The number of ketones is 1. The van der Waals surface area contributed by atoms with Crippen LogP contribution in [0.25, 0.3) is 0 Å². The predicted octanol–water partition coefficient (Wildman–Crippen LogP) is 4.84. The van der Waals surface area contributed by atoms with Gasteiger partial charge < -0.3 is 9.88 Å². The first kappa shape index (κ1) is 21.3. The molecule has 29 heavy (non-hydrogen) atoms. The third-order valence-electron chi connectivity index (χ3n) is 5.17. The van der Waals surface area contributed by atoms with Crippen LogP contribution in [0.1, 0.15) is 67.5 Å². The number of carbonyl (C=O) groups is 2. The fraction of sp³-hybridized carbons (Fsp3) is 0.455. The fourth-order valence-corrected chi connectivity index (χ4v) is 4.42. The molecule has 0 saturated heterocycles. The van der Waals surface area contributed by atoms with Crippen LogP contribution in [-0.2, 0) is 11.3 Å². The molecule has 0 radical (unpaired) electrons. The molecular weight excluding hydrogens is 384 g/mol. The Labute approximate surface area is 176 Å². The van der Waals surface area contributed by atoms with Crippen LogP contribution in [0.4, 0.5) is 5.69 Å². The van der Waals surface area contributed by atoms with Crippen molar-refractivity contribution < 1.29 is 9.59 Å². The lowest BCUT2D eigenvalue weighted by molar-refractivity contribution is -0.115. The molecule has 1 heterocycles. The van der Waals surface area contributed by atoms with Crippen LogP contribution < -0.4 is 5.32 Å². The minimum absolute atomic E-state index is 0.0238. The van der Waals surface area contributed by atoms with Crippen LogP contribution in [-0.4, -0.2) is 32.2 Å². The van der Waals surface area contributed by atoms with E-state index >= 15 is 0 Å². The first-order chi connectivity index (χ1) is 14.1. The van der Waals surface area contributed by atoms with Gasteiger partial charge in [-0.25, -0.2) is 0 Å². The smallest absolute Gasteiger partial charge is 0.224 e. The molecule has 7 heteroatoms. The lowest BCUT2D eigenvalue weighted by Gasteiger charge is -2.21. The molecule has 1 aromatic heterocycles. The van der Waals surface area contributed by atoms with E-state index in [1.807, 2.05) is 6.08 Å². The number of allylic oxidation sites excluding steroid dienone is 1. The van der Waals surface area contributed by atoms with Crippen molar-refractivity contribution in [2.24, 2.45) is 0 Å². The number of carbonyl (C=O) groups excluding carboxylic acids is 2. The van der Waals surface area contributed by atoms with Crippen LogP contribution in [0.3, 0.4) is 0 Å². The molecule has 1 amide bonds. The van der Waals surface area contributed by atoms with Crippen molar-refractivity contribution in [2.45, 2.75) is 63.1 Å². The maximum absolute atomic E-state index is 12.6. The number of hydrogen-bond acceptors (Lipinski definition) is 5. The molecule has 0 aliphatic heterocycles. The average Bonchev–Trinajstić information content (AvgIpc) is 3.16. The minimum Gasteiger partial charge on any atom is -0.326 e. The average molecular weight is 413 g/mol. The Morgan fingerprint density at radius 1 is 1.21 bits per heavy atom. The van der Waals surface area contributed by atoms with Crippen molar-refractivity contribution in [3.05, 3.63) is 48.3 Å². The third-order valence-corrected chi connectivity index (χ3v) is 6.14. The Balaban J connectivity index is 1.64. The molecule has 154 valence electrons. The van der Waals surface area contributed by atoms with E-state index in [0.29, 0.717) is 35.9 Å². The number of thioether (sulfide) groups is 1. The van der Waals surface area contributed by atoms with E-state index in [2.05, 4.69) is 26.7 Å². The first-order valence-electron chi connectivity index (χ1n) is 10.2. The molecule has 0 atom stereocenters. The van der Waals surface area contributed by atoms with Crippen LogP contribution in [0.5, 0.6) is 0 Å². The van der Waals surface area contributed by atoms with Gasteiger partial charge in [0, 0.05) is 30.1 Å². The molecule has 1 aliphatic carbocycles. The second-order valence-electron chi connectivity index (χ2n) is 7.27. The van der Waals surface area contributed by atoms with Gasteiger partial charge in [0.2, 0.25) is 5.91 Å². The normalized spacial score (nSPS) is 14.5. The Morgan fingerprint density at radius 2 is 1.93 bits per heavy atom. The van der Waals surface area contributed by atoms with Crippen molar-refractivity contribution in [3.63, 3.8) is 0 Å². The van der Waals surface area contributed by atoms with Crippen molar-refractivity contribution in [2.75, 3.05) is 11.1 Å². The highest BCUT2D eigenvalue weighted by Gasteiger charge is 2.23. The molecule has 0 unspecified atom stereocenters. The number of rotatable bonds is 9. The summed E-state index contributed by atoms with van der Waals surface area (Å²) in [6, 6.07) is 7.01. The molecule has 0 bridgehead atoms. The summed E-state index contributed by atoms with van der Waals surface area (Å²) in [6.07, 6.45) is 8.35. The van der Waals surface area contributed by atoms with Gasteiger partial charge in [0.25, 0.3) is 0 Å². The highest BCUT2D eigenvalue weighted by Crippen LogP contribution is 2.33. The zero-order valence-electron chi connectivity index (χ0n) is 16.9. The second-order valence-corrected chi connectivity index (χ2v) is 8.21. The number of anilines is 1. The van der Waals surface area contributed by atoms with Crippen molar-refractivity contribution in [1.82, 2.24) is 14.8 Å². The van der Waals surface area contributed by atoms with E-state index in [9.17, 15) is 9.59 Å². The first-order valence-corrected chi connectivity index (χ1v) is 11.2. The molecular formula is C22H28N4O2S. The van der Waals surface area contributed by atoms with Crippen molar-refractivity contribution in [3.8, 4) is 0 Å². The number of Topliss-reactive ketones (excluding diaryl/α,β-unsaturated/α-hetero) is 1. The highest BCUT2D eigenvalue weighted by atomic mass is 32.2. The topological polar surface area (TPSA) is 76.9 Å². The molecule has 1 aliphatic rings. The van der Waals surface area contributed by atoms with Gasteiger partial charge in [0.05, 0.1) is 5.75 Å². The summed E-state index contributed by atoms with van der Waals surface area (Å²) >= 11 is 1.42. The lowest BCUT2D eigenvalue weighted by Crippen LogP contribution is -2.13. The van der Waals surface area contributed by atoms with Gasteiger partial charge >= 0.3 is 0 Å². The van der Waals surface area contributed by atoms with Crippen molar-refractivity contribution >= 4 is 29.1 Å². The second kappa shape index (κ2) is 10.4. The standard InChI is InChI=1S/C22H28N4O2S/c1-3-14-26-21(17-8-6-5-7-9-17)24-25-22(26)29-15-19(27)16-10-12-18(13-11-16)23-20(28)4-2/h3,10-13,17H,1,4-9,14-15H2,2H3,(H,23,28). The van der Waals surface area contributed by atoms with Gasteiger partial charge in [-0.3, -0.25) is 9.59 Å². The zero-order valence-corrected chi connectivity index (χ0v) is 17.7. The number of amides is 1. The van der Waals surface area contributed by atoms with Crippen LogP contribution >= 0.6 is 11.8 Å². The van der Waals surface area contributed by atoms with Gasteiger partial charge in [-0.2, -0.15) is 0 Å². The Kier molecular flexibility index (Phi) is 7.63. The van der Waals surface area contributed by atoms with E-state index in [4.69, 9.17) is 0 Å². The SMILES string of the molecule is C=CCn1c(SCC(=O)c2ccc(NC(=O)CC)cc2)nnc1C1CCCCC1. The van der Waals surface area contributed by atoms with Gasteiger partial charge in [-0.15, -0.1) is 16.8 Å². The maximum atomic E-state index is 12.6. The fourth-order valence-electron chi connectivity index (χ4n) is 3.57. The Bertz CT molecular complexity index is 854. The van der Waals surface area contributed by atoms with E-state index in [-0.39, 0.29) is 11.7 Å². The Morgan fingerprint density at radius 3 is 2.59 bits per heavy atom. The van der Waals surface area contributed by atoms with E-state index in [1.54, 1.807) is 31.2 Å². The maximum Gasteiger partial charge on any atom is 0.224 e. The monoisotopic (exact) mass is 412 g/mol. The van der Waals surface area contributed by atoms with Crippen LogP contribution in [0.15, 0.2) is 42.1 Å². The van der Waals surface area contributed by atoms with Crippen LogP contribution in [0.2, 0.25) is 0 Å². The lowest BCUT2D eigenvalue weighted by atomic mass is 9.89. The molecule has 1 aromatic carbocycles. The summed E-state index contributed by atoms with van der Waals surface area (Å²) in [5.41, 5.74) is 1.32. The molecule has 2 aromatic rings. The quantitative estimate of drug-likeness (QED) is 0.362. The summed E-state index contributed by atoms with van der Waals surface area (Å²) in [5, 5.41) is 12.4. The van der Waals surface area contributed by atoms with Gasteiger partial charge in [0.15, 0.2) is 10.9 Å². The van der Waals surface area contributed by atoms with Gasteiger partial charge in [-0.1, -0.05) is 44.0 Å².